The van der Waals surface area contributed by atoms with Crippen LogP contribution in [0.15, 0.2) is 67.7 Å². The number of carbonyl (C=O) groups excluding carboxylic acids is 3. The lowest BCUT2D eigenvalue weighted by atomic mass is 9.95. The molecule has 1 aliphatic carbocycles. The van der Waals surface area contributed by atoms with Crippen LogP contribution >= 0.6 is 0 Å². The molecule has 1 aliphatic heterocycles. The lowest BCUT2D eigenvalue weighted by molar-refractivity contribution is 0.0930. The van der Waals surface area contributed by atoms with Crippen molar-refractivity contribution in [1.29, 1.82) is 0 Å². The number of Topliss-reactive ketones (excluding diaryl/α,β-unsaturated/α-hetero) is 1. The number of anilines is 2. The third-order valence-electron chi connectivity index (χ3n) is 8.23. The second kappa shape index (κ2) is 11.0. The van der Waals surface area contributed by atoms with Gasteiger partial charge in [0.15, 0.2) is 11.6 Å². The summed E-state index contributed by atoms with van der Waals surface area (Å²) < 4.78 is 4.58. The van der Waals surface area contributed by atoms with Gasteiger partial charge in [-0.05, 0) is 41.2 Å². The van der Waals surface area contributed by atoms with Crippen LogP contribution in [0, 0.1) is 0 Å². The van der Waals surface area contributed by atoms with E-state index in [9.17, 15) is 28.8 Å². The molecule has 7 rings (SSSR count). The average Bonchev–Trinajstić information content (AvgIpc) is 3.68. The average molecular weight is 621 g/mol. The first-order chi connectivity index (χ1) is 22.2. The zero-order valence-corrected chi connectivity index (χ0v) is 24.0. The van der Waals surface area contributed by atoms with E-state index in [4.69, 9.17) is 5.73 Å². The Kier molecular flexibility index (Phi) is 6.84. The van der Waals surface area contributed by atoms with Gasteiger partial charge in [0, 0.05) is 30.3 Å². The number of carbonyl (C=O) groups is 3. The maximum atomic E-state index is 13.1. The topological polar surface area (TPSA) is 223 Å². The van der Waals surface area contributed by atoms with E-state index in [-0.39, 0.29) is 54.2 Å². The van der Waals surface area contributed by atoms with Gasteiger partial charge in [0.05, 0.1) is 12.6 Å². The number of aryl methyl sites for hydroxylation is 1. The van der Waals surface area contributed by atoms with E-state index in [0.29, 0.717) is 40.9 Å². The number of nitrogens with zero attached hydrogens (tertiary/aromatic N) is 4. The second-order valence-corrected chi connectivity index (χ2v) is 11.1. The quantitative estimate of drug-likeness (QED) is 0.183. The Hall–Kier alpha value is -6.25. The number of ketones is 1. The number of nitrogen functional groups attached to an aromatic ring is 1. The van der Waals surface area contributed by atoms with E-state index in [2.05, 4.69) is 35.3 Å². The number of rotatable bonds is 7. The third kappa shape index (κ3) is 5.02. The van der Waals surface area contributed by atoms with Crippen LogP contribution in [0.1, 0.15) is 66.1 Å². The summed E-state index contributed by atoms with van der Waals surface area (Å²) in [6.45, 7) is 0.234. The van der Waals surface area contributed by atoms with E-state index < -0.39 is 28.4 Å². The largest absolute Gasteiger partial charge is 0.439 e. The Morgan fingerprint density at radius 3 is 2.52 bits per heavy atom. The van der Waals surface area contributed by atoms with Gasteiger partial charge in [-0.25, -0.2) is 14.8 Å². The van der Waals surface area contributed by atoms with Crippen LogP contribution in [0.3, 0.4) is 0 Å². The molecule has 15 nitrogen and oxygen atoms in total. The lowest BCUT2D eigenvalue weighted by Crippen LogP contribution is -2.46. The van der Waals surface area contributed by atoms with Crippen molar-refractivity contribution in [3.8, 4) is 11.4 Å². The van der Waals surface area contributed by atoms with Gasteiger partial charge in [0.25, 0.3) is 22.7 Å². The van der Waals surface area contributed by atoms with Crippen LogP contribution in [0.25, 0.3) is 11.4 Å². The van der Waals surface area contributed by atoms with Gasteiger partial charge < -0.3 is 21.3 Å². The summed E-state index contributed by atoms with van der Waals surface area (Å²) in [7, 11) is 0. The molecule has 3 heterocycles. The molecule has 3 aromatic carbocycles. The first-order valence-electron chi connectivity index (χ1n) is 14.3. The number of hydrogen-bond acceptors (Lipinski definition) is 12. The molecule has 0 bridgehead atoms. The van der Waals surface area contributed by atoms with Crippen LogP contribution in [0.2, 0.25) is 0 Å². The maximum Gasteiger partial charge on any atom is 0.439 e. The number of aromatic amines is 1. The lowest BCUT2D eigenvalue weighted by Gasteiger charge is -2.31. The zero-order valence-electron chi connectivity index (χ0n) is 24.0. The fourth-order valence-corrected chi connectivity index (χ4v) is 5.93. The highest BCUT2D eigenvalue weighted by molar-refractivity contribution is 6.02. The van der Waals surface area contributed by atoms with Crippen molar-refractivity contribution in [2.45, 2.75) is 32.0 Å². The predicted octanol–water partition coefficient (Wildman–Crippen LogP) is 0.548. The molecule has 0 fully saturated rings. The van der Waals surface area contributed by atoms with Crippen molar-refractivity contribution in [2.75, 3.05) is 17.2 Å². The standard InChI is InChI=1S/C31H24N8O7/c32-24-25(27(42)26(24)41)39-11-17-7-14(1-4-19(17)23(40)12-39)10-33-29(43)21-9-22(35-13-34-21)30(44)36-20-6-3-15-8-16(2-5-18(15)20)28-37-31(45)46-38-28/h1-2,4-5,7-9,13,20H,3,6,10-12,32H2,(H,33,43)(H,36,44)(H,37,38,45)/t20-/m0/s1. The second-order valence-electron chi connectivity index (χ2n) is 11.1. The Morgan fingerprint density at radius 2 is 1.76 bits per heavy atom. The molecule has 46 heavy (non-hydrogen) atoms. The van der Waals surface area contributed by atoms with E-state index in [1.165, 1.54) is 11.0 Å². The SMILES string of the molecule is Nc1c(N2CC(=O)c3ccc(CNC(=O)c4cc(C(=O)N[C@H]5CCc6cc(-c7noc(=O)[nH]7)ccc65)ncn4)cc3C2)c(=O)c1=O. The summed E-state index contributed by atoms with van der Waals surface area (Å²) in [6.07, 6.45) is 2.50. The highest BCUT2D eigenvalue weighted by atomic mass is 16.5. The summed E-state index contributed by atoms with van der Waals surface area (Å²) >= 11 is 0. The van der Waals surface area contributed by atoms with Crippen LogP contribution in [0.5, 0.6) is 0 Å². The Bertz CT molecular complexity index is 2210. The number of amides is 2. The van der Waals surface area contributed by atoms with Gasteiger partial charge in [0.2, 0.25) is 0 Å². The van der Waals surface area contributed by atoms with Gasteiger partial charge in [-0.2, -0.15) is 0 Å². The molecule has 0 unspecified atom stereocenters. The van der Waals surface area contributed by atoms with Crippen molar-refractivity contribution in [3.63, 3.8) is 0 Å². The van der Waals surface area contributed by atoms with Crippen LogP contribution < -0.4 is 37.9 Å². The number of fused-ring (bicyclic) bond motifs is 2. The van der Waals surface area contributed by atoms with Gasteiger partial charge in [0.1, 0.15) is 29.1 Å². The molecular formula is C31H24N8O7. The van der Waals surface area contributed by atoms with E-state index in [1.54, 1.807) is 24.3 Å². The summed E-state index contributed by atoms with van der Waals surface area (Å²) in [6, 6.07) is 11.7. The molecule has 230 valence electrons. The molecule has 0 saturated heterocycles. The van der Waals surface area contributed by atoms with Crippen molar-refractivity contribution >= 4 is 29.0 Å². The van der Waals surface area contributed by atoms with E-state index in [1.807, 2.05) is 12.1 Å². The molecule has 0 radical (unpaired) electrons. The van der Waals surface area contributed by atoms with Crippen LogP contribution in [-0.4, -0.2) is 44.3 Å². The van der Waals surface area contributed by atoms with Gasteiger partial charge in [-0.3, -0.25) is 33.5 Å². The fourth-order valence-electron chi connectivity index (χ4n) is 5.93. The van der Waals surface area contributed by atoms with Crippen molar-refractivity contribution in [2.24, 2.45) is 0 Å². The molecule has 5 N–H and O–H groups in total. The summed E-state index contributed by atoms with van der Waals surface area (Å²) in [5, 5.41) is 9.44. The minimum Gasteiger partial charge on any atom is -0.394 e. The molecule has 1 atom stereocenters. The van der Waals surface area contributed by atoms with Gasteiger partial charge >= 0.3 is 5.76 Å². The van der Waals surface area contributed by atoms with Crippen LogP contribution in [0.4, 0.5) is 11.4 Å². The van der Waals surface area contributed by atoms with Crippen molar-refractivity contribution in [3.05, 3.63) is 119 Å². The molecular weight excluding hydrogens is 596 g/mol. The summed E-state index contributed by atoms with van der Waals surface area (Å²) in [5.41, 5.74) is 8.59. The summed E-state index contributed by atoms with van der Waals surface area (Å²) in [4.78, 5) is 85.7. The number of H-pyrrole nitrogens is 1. The van der Waals surface area contributed by atoms with Crippen LogP contribution in [-0.2, 0) is 19.5 Å². The monoisotopic (exact) mass is 620 g/mol. The molecule has 0 spiro atoms. The van der Waals surface area contributed by atoms with E-state index in [0.717, 1.165) is 17.5 Å². The normalized spacial score (nSPS) is 15.4. The highest BCUT2D eigenvalue weighted by Gasteiger charge is 2.31. The maximum absolute atomic E-state index is 13.1. The number of nitrogens with two attached hydrogens (primary N) is 1. The number of benzene rings is 2. The highest BCUT2D eigenvalue weighted by Crippen LogP contribution is 2.33. The minimum atomic E-state index is -0.752. The van der Waals surface area contributed by atoms with Gasteiger partial charge in [-0.15, -0.1) is 0 Å². The number of aromatic nitrogens is 4. The number of nitrogens with one attached hydrogen (secondary N) is 3. The van der Waals surface area contributed by atoms with Crippen molar-refractivity contribution in [1.82, 2.24) is 30.7 Å². The molecule has 0 saturated carbocycles. The van der Waals surface area contributed by atoms with Gasteiger partial charge in [-0.1, -0.05) is 35.5 Å². The first-order valence-corrected chi connectivity index (χ1v) is 14.3. The molecule has 2 aliphatic rings. The van der Waals surface area contributed by atoms with Crippen molar-refractivity contribution < 1.29 is 18.9 Å². The Morgan fingerprint density at radius 1 is 0.957 bits per heavy atom. The molecule has 5 aromatic rings. The smallest absolute Gasteiger partial charge is 0.394 e. The third-order valence-corrected chi connectivity index (χ3v) is 8.23. The molecule has 15 heteroatoms. The van der Waals surface area contributed by atoms with E-state index >= 15 is 0 Å². The first kappa shape index (κ1) is 28.5. The Labute approximate surface area is 258 Å². The zero-order chi connectivity index (χ0) is 32.1. The fraction of sp³-hybridized carbons (Fsp3) is 0.194. The number of hydrogen-bond donors (Lipinski definition) is 4. The Balaban J connectivity index is 0.996. The predicted molar refractivity (Wildman–Crippen MR) is 162 cm³/mol. The minimum absolute atomic E-state index is 0.00638. The summed E-state index contributed by atoms with van der Waals surface area (Å²) in [5.74, 6) is -1.54. The molecule has 2 amide bonds. The molecule has 2 aromatic heterocycles.